The maximum Gasteiger partial charge on any atom is 0.331 e. The molecule has 0 radical (unpaired) electrons. The molecule has 5 nitrogen and oxygen atoms in total. The summed E-state index contributed by atoms with van der Waals surface area (Å²) in [6, 6.07) is 14.1. The predicted octanol–water partition coefficient (Wildman–Crippen LogP) is 3.33. The monoisotopic (exact) mass is 340 g/mol. The lowest BCUT2D eigenvalue weighted by atomic mass is 10.2. The number of carbonyl (C=O) groups excluding carboxylic acids is 1. The summed E-state index contributed by atoms with van der Waals surface area (Å²) >= 11 is 6.00. The van der Waals surface area contributed by atoms with Gasteiger partial charge in [-0.25, -0.2) is 9.78 Å². The number of H-pyrrole nitrogens is 1. The molecule has 0 aliphatic rings. The van der Waals surface area contributed by atoms with Gasteiger partial charge in [0.1, 0.15) is 12.4 Å². The Kier molecular flexibility index (Phi) is 4.72. The van der Waals surface area contributed by atoms with E-state index in [4.69, 9.17) is 16.3 Å². The molecule has 0 saturated heterocycles. The second-order valence-corrected chi connectivity index (χ2v) is 5.40. The number of esters is 1. The molecular formula is C18H13ClN2O3. The number of rotatable bonds is 4. The maximum absolute atomic E-state index is 11.9. The zero-order chi connectivity index (χ0) is 16.9. The molecule has 3 rings (SSSR count). The van der Waals surface area contributed by atoms with Crippen LogP contribution >= 0.6 is 11.6 Å². The number of nitrogens with one attached hydrogen (secondary N) is 1. The van der Waals surface area contributed by atoms with E-state index in [1.165, 1.54) is 6.08 Å². The molecule has 24 heavy (non-hydrogen) atoms. The van der Waals surface area contributed by atoms with Crippen molar-refractivity contribution in [1.29, 1.82) is 0 Å². The Morgan fingerprint density at radius 1 is 1.17 bits per heavy atom. The molecule has 1 heterocycles. The third-order valence-electron chi connectivity index (χ3n) is 3.32. The summed E-state index contributed by atoms with van der Waals surface area (Å²) in [7, 11) is 0. The van der Waals surface area contributed by atoms with Gasteiger partial charge in [0, 0.05) is 11.1 Å². The number of benzene rings is 2. The van der Waals surface area contributed by atoms with Crippen molar-refractivity contribution in [2.45, 2.75) is 6.61 Å². The summed E-state index contributed by atoms with van der Waals surface area (Å²) in [6.45, 7) is -0.119. The van der Waals surface area contributed by atoms with Crippen molar-refractivity contribution in [2.24, 2.45) is 0 Å². The first-order chi connectivity index (χ1) is 11.6. The summed E-state index contributed by atoms with van der Waals surface area (Å²) in [5.41, 5.74) is 1.01. The van der Waals surface area contributed by atoms with E-state index in [1.807, 2.05) is 6.07 Å². The maximum atomic E-state index is 11.9. The van der Waals surface area contributed by atoms with Gasteiger partial charge in [-0.15, -0.1) is 0 Å². The van der Waals surface area contributed by atoms with Crippen LogP contribution in [0.3, 0.4) is 0 Å². The molecule has 2 aromatic carbocycles. The van der Waals surface area contributed by atoms with Crippen LogP contribution in [0.15, 0.2) is 59.4 Å². The summed E-state index contributed by atoms with van der Waals surface area (Å²) < 4.78 is 5.09. The highest BCUT2D eigenvalue weighted by atomic mass is 35.5. The molecule has 0 atom stereocenters. The second kappa shape index (κ2) is 7.10. The van der Waals surface area contributed by atoms with Gasteiger partial charge in [0.25, 0.3) is 5.56 Å². The molecule has 0 fully saturated rings. The van der Waals surface area contributed by atoms with Crippen LogP contribution in [-0.2, 0) is 16.1 Å². The van der Waals surface area contributed by atoms with E-state index >= 15 is 0 Å². The third kappa shape index (κ3) is 3.70. The molecule has 120 valence electrons. The fourth-order valence-corrected chi connectivity index (χ4v) is 2.36. The number of halogens is 1. The van der Waals surface area contributed by atoms with Crippen LogP contribution < -0.4 is 5.56 Å². The summed E-state index contributed by atoms with van der Waals surface area (Å²) in [5.74, 6) is -0.260. The van der Waals surface area contributed by atoms with E-state index < -0.39 is 5.97 Å². The van der Waals surface area contributed by atoms with Gasteiger partial charge in [0.15, 0.2) is 0 Å². The van der Waals surface area contributed by atoms with Gasteiger partial charge in [-0.2, -0.15) is 0 Å². The third-order valence-corrected chi connectivity index (χ3v) is 3.66. The van der Waals surface area contributed by atoms with Crippen molar-refractivity contribution in [3.8, 4) is 0 Å². The van der Waals surface area contributed by atoms with Crippen LogP contribution in [0.1, 0.15) is 11.4 Å². The smallest absolute Gasteiger partial charge is 0.331 e. The van der Waals surface area contributed by atoms with E-state index in [1.54, 1.807) is 48.5 Å². The highest BCUT2D eigenvalue weighted by molar-refractivity contribution is 6.32. The molecule has 0 spiro atoms. The van der Waals surface area contributed by atoms with Crippen molar-refractivity contribution in [1.82, 2.24) is 9.97 Å². The lowest BCUT2D eigenvalue weighted by Crippen LogP contribution is -2.13. The normalized spacial score (nSPS) is 11.0. The SMILES string of the molecule is O=C(/C=C/c1ccccc1Cl)OCc1nc2ccccc2c(=O)[nH]1. The second-order valence-electron chi connectivity index (χ2n) is 4.99. The molecule has 0 amide bonds. The predicted molar refractivity (Wildman–Crippen MR) is 92.6 cm³/mol. The molecule has 0 saturated carbocycles. The fourth-order valence-electron chi connectivity index (χ4n) is 2.16. The highest BCUT2D eigenvalue weighted by Crippen LogP contribution is 2.16. The van der Waals surface area contributed by atoms with Gasteiger partial charge >= 0.3 is 5.97 Å². The number of aromatic nitrogens is 2. The van der Waals surface area contributed by atoms with Gasteiger partial charge < -0.3 is 9.72 Å². The van der Waals surface area contributed by atoms with Gasteiger partial charge in [-0.05, 0) is 29.8 Å². The molecule has 0 bridgehead atoms. The molecule has 0 aliphatic heterocycles. The van der Waals surface area contributed by atoms with Crippen LogP contribution in [0.5, 0.6) is 0 Å². The van der Waals surface area contributed by atoms with Gasteiger partial charge in [0.2, 0.25) is 0 Å². The van der Waals surface area contributed by atoms with E-state index in [2.05, 4.69) is 9.97 Å². The Balaban J connectivity index is 1.68. The standard InChI is InChI=1S/C18H13ClN2O3/c19-14-7-3-1-5-12(14)9-10-17(22)24-11-16-20-15-8-4-2-6-13(15)18(23)21-16/h1-10H,11H2,(H,20,21,23)/b10-9+. The zero-order valence-electron chi connectivity index (χ0n) is 12.5. The van der Waals surface area contributed by atoms with Gasteiger partial charge in [-0.1, -0.05) is 41.9 Å². The number of ether oxygens (including phenoxy) is 1. The van der Waals surface area contributed by atoms with E-state index in [0.717, 1.165) is 0 Å². The molecule has 3 aromatic rings. The van der Waals surface area contributed by atoms with Crippen LogP contribution in [0.25, 0.3) is 17.0 Å². The first-order valence-corrected chi connectivity index (χ1v) is 7.58. The molecule has 0 unspecified atom stereocenters. The summed E-state index contributed by atoms with van der Waals surface area (Å²) in [4.78, 5) is 30.6. The minimum absolute atomic E-state index is 0.119. The first kappa shape index (κ1) is 16.0. The largest absolute Gasteiger partial charge is 0.454 e. The number of aromatic amines is 1. The fraction of sp³-hybridized carbons (Fsp3) is 0.0556. The van der Waals surface area contributed by atoms with Crippen molar-refractivity contribution in [2.75, 3.05) is 0 Å². The number of hydrogen-bond acceptors (Lipinski definition) is 4. The lowest BCUT2D eigenvalue weighted by molar-refractivity contribution is -0.139. The number of para-hydroxylation sites is 1. The molecule has 1 aromatic heterocycles. The summed E-state index contributed by atoms with van der Waals surface area (Å²) in [6.07, 6.45) is 2.85. The molecule has 6 heteroatoms. The first-order valence-electron chi connectivity index (χ1n) is 7.21. The topological polar surface area (TPSA) is 72.0 Å². The molecule has 1 N–H and O–H groups in total. The molecule has 0 aliphatic carbocycles. The Hall–Kier alpha value is -2.92. The van der Waals surface area contributed by atoms with Crippen molar-refractivity contribution in [3.63, 3.8) is 0 Å². The van der Waals surface area contributed by atoms with Crippen molar-refractivity contribution in [3.05, 3.63) is 81.4 Å². The van der Waals surface area contributed by atoms with Gasteiger partial charge in [0.05, 0.1) is 10.9 Å². The Bertz CT molecular complexity index is 979. The zero-order valence-corrected chi connectivity index (χ0v) is 13.3. The van der Waals surface area contributed by atoms with Gasteiger partial charge in [-0.3, -0.25) is 4.79 Å². The number of carbonyl (C=O) groups is 1. The van der Waals surface area contributed by atoms with E-state index in [-0.39, 0.29) is 18.0 Å². The Morgan fingerprint density at radius 2 is 1.92 bits per heavy atom. The molecular weight excluding hydrogens is 328 g/mol. The average Bonchev–Trinajstić information content (AvgIpc) is 2.59. The lowest BCUT2D eigenvalue weighted by Gasteiger charge is -2.03. The number of hydrogen-bond donors (Lipinski definition) is 1. The van der Waals surface area contributed by atoms with Crippen LogP contribution in [0, 0.1) is 0 Å². The Labute approximate surface area is 142 Å². The van der Waals surface area contributed by atoms with Crippen molar-refractivity contribution >= 4 is 34.5 Å². The minimum Gasteiger partial charge on any atom is -0.454 e. The van der Waals surface area contributed by atoms with Crippen LogP contribution in [0.2, 0.25) is 5.02 Å². The number of nitrogens with zero attached hydrogens (tertiary/aromatic N) is 1. The van der Waals surface area contributed by atoms with Crippen LogP contribution in [-0.4, -0.2) is 15.9 Å². The minimum atomic E-state index is -0.550. The van der Waals surface area contributed by atoms with Crippen LogP contribution in [0.4, 0.5) is 0 Å². The quantitative estimate of drug-likeness (QED) is 0.584. The van der Waals surface area contributed by atoms with E-state index in [0.29, 0.717) is 21.5 Å². The van der Waals surface area contributed by atoms with Crippen molar-refractivity contribution < 1.29 is 9.53 Å². The average molecular weight is 341 g/mol. The number of fused-ring (bicyclic) bond motifs is 1. The Morgan fingerprint density at radius 3 is 2.75 bits per heavy atom. The summed E-state index contributed by atoms with van der Waals surface area (Å²) in [5, 5.41) is 1.04. The highest BCUT2D eigenvalue weighted by Gasteiger charge is 2.05. The van der Waals surface area contributed by atoms with E-state index in [9.17, 15) is 9.59 Å².